The van der Waals surface area contributed by atoms with Gasteiger partial charge in [0.2, 0.25) is 5.90 Å². The molecule has 0 aromatic heterocycles. The van der Waals surface area contributed by atoms with Gasteiger partial charge in [-0.3, -0.25) is 20.2 Å². The number of carbonyl (C=O) groups is 3. The van der Waals surface area contributed by atoms with Gasteiger partial charge in [0.25, 0.3) is 17.4 Å². The van der Waals surface area contributed by atoms with Crippen molar-refractivity contribution in [2.45, 2.75) is 25.0 Å². The number of ether oxygens (including phenoxy) is 4. The van der Waals surface area contributed by atoms with Gasteiger partial charge < -0.3 is 18.9 Å². The van der Waals surface area contributed by atoms with E-state index in [0.717, 1.165) is 11.1 Å². The van der Waals surface area contributed by atoms with Gasteiger partial charge in [-0.05, 0) is 61.0 Å². The van der Waals surface area contributed by atoms with Crippen molar-refractivity contribution in [1.29, 1.82) is 0 Å². The first kappa shape index (κ1) is 25.9. The molecule has 2 N–H and O–H groups in total. The van der Waals surface area contributed by atoms with Crippen LogP contribution >= 0.6 is 0 Å². The topological polar surface area (TPSA) is 125 Å². The van der Waals surface area contributed by atoms with Gasteiger partial charge in [-0.2, -0.15) is 0 Å². The fraction of sp³-hybridized carbons (Fsp3) is 0.241. The van der Waals surface area contributed by atoms with E-state index in [0.29, 0.717) is 30.6 Å². The lowest BCUT2D eigenvalue weighted by molar-refractivity contribution is -0.153. The fourth-order valence-electron chi connectivity index (χ4n) is 4.23. The molecule has 4 amide bonds. The Morgan fingerprint density at radius 2 is 1.49 bits per heavy atom. The maximum Gasteiger partial charge on any atom is 0.328 e. The van der Waals surface area contributed by atoms with Gasteiger partial charge in [0, 0.05) is 18.6 Å². The number of hydrogen-bond acceptors (Lipinski definition) is 8. The van der Waals surface area contributed by atoms with Crippen LogP contribution in [0.1, 0.15) is 30.5 Å². The lowest BCUT2D eigenvalue weighted by Crippen LogP contribution is -2.69. The Hall–Kier alpha value is -4.70. The van der Waals surface area contributed by atoms with E-state index < -0.39 is 23.4 Å². The molecule has 0 radical (unpaired) electrons. The minimum Gasteiger partial charge on any atom is -0.475 e. The van der Waals surface area contributed by atoms with Crippen LogP contribution < -0.4 is 20.1 Å². The summed E-state index contributed by atoms with van der Waals surface area (Å²) in [4.78, 5) is 41.5. The van der Waals surface area contributed by atoms with Gasteiger partial charge in [0.1, 0.15) is 29.9 Å². The minimum absolute atomic E-state index is 0.0255. The maximum atomic E-state index is 12.6. The molecule has 3 aromatic rings. The van der Waals surface area contributed by atoms with E-state index in [1.54, 1.807) is 31.2 Å². The van der Waals surface area contributed by atoms with Crippen molar-refractivity contribution in [1.82, 2.24) is 10.6 Å². The van der Waals surface area contributed by atoms with Crippen LogP contribution in [-0.2, 0) is 19.1 Å². The molecule has 0 bridgehead atoms. The third-order valence-corrected chi connectivity index (χ3v) is 6.28. The average molecular weight is 530 g/mol. The Morgan fingerprint density at radius 3 is 2.13 bits per heavy atom. The smallest absolute Gasteiger partial charge is 0.328 e. The Bertz CT molecular complexity index is 1350. The molecular weight excluding hydrogens is 502 g/mol. The SMILES string of the molecule is CCOCCC1(Oc2ccc(Oc3ccc(C4=NC(c5ccccc5)CO4)cc3)cc2)C(=O)NC(=O)NC1=O. The first-order valence-corrected chi connectivity index (χ1v) is 12.5. The molecule has 10 heteroatoms. The van der Waals surface area contributed by atoms with E-state index in [1.807, 2.05) is 54.6 Å². The first-order chi connectivity index (χ1) is 19.0. The van der Waals surface area contributed by atoms with Gasteiger partial charge >= 0.3 is 6.03 Å². The molecule has 5 rings (SSSR count). The molecule has 3 aromatic carbocycles. The van der Waals surface area contributed by atoms with E-state index >= 15 is 0 Å². The average Bonchev–Trinajstić information content (AvgIpc) is 3.44. The third-order valence-electron chi connectivity index (χ3n) is 6.28. The van der Waals surface area contributed by atoms with Crippen molar-refractivity contribution in [3.05, 3.63) is 90.0 Å². The zero-order valence-electron chi connectivity index (χ0n) is 21.2. The second-order valence-corrected chi connectivity index (χ2v) is 8.88. The molecule has 0 saturated carbocycles. The Labute approximate surface area is 224 Å². The van der Waals surface area contributed by atoms with Crippen molar-refractivity contribution >= 4 is 23.7 Å². The minimum atomic E-state index is -1.94. The second-order valence-electron chi connectivity index (χ2n) is 8.88. The Morgan fingerprint density at radius 1 is 0.872 bits per heavy atom. The molecule has 2 aliphatic rings. The number of nitrogens with one attached hydrogen (secondary N) is 2. The summed E-state index contributed by atoms with van der Waals surface area (Å²) in [5.41, 5.74) is 0.0222. The molecule has 10 nitrogen and oxygen atoms in total. The molecule has 1 atom stereocenters. The van der Waals surface area contributed by atoms with Gasteiger partial charge in [0.05, 0.1) is 6.61 Å². The van der Waals surface area contributed by atoms with E-state index in [9.17, 15) is 14.4 Å². The standard InChI is InChI=1S/C29H27N3O7/c1-2-36-17-16-29(26(33)31-28(35)32-27(29)34)39-23-14-12-22(13-15-23)38-21-10-8-20(9-11-21)25-30-24(18-37-25)19-6-4-3-5-7-19/h3-15,24H,2,16-18H2,1H3,(H2,31,32,33,34,35). The van der Waals surface area contributed by atoms with Crippen LogP contribution in [0.3, 0.4) is 0 Å². The summed E-state index contributed by atoms with van der Waals surface area (Å²) in [6.45, 7) is 2.79. The second kappa shape index (κ2) is 11.4. The predicted octanol–water partition coefficient (Wildman–Crippen LogP) is 3.91. The summed E-state index contributed by atoms with van der Waals surface area (Å²) < 4.78 is 22.9. The summed E-state index contributed by atoms with van der Waals surface area (Å²) in [7, 11) is 0. The number of carbonyl (C=O) groups excluding carboxylic acids is 3. The van der Waals surface area contributed by atoms with Crippen LogP contribution in [0.15, 0.2) is 83.9 Å². The van der Waals surface area contributed by atoms with E-state index in [2.05, 4.69) is 10.6 Å². The molecule has 0 aliphatic carbocycles. The quantitative estimate of drug-likeness (QED) is 0.301. The highest BCUT2D eigenvalue weighted by molar-refractivity contribution is 6.21. The molecule has 2 heterocycles. The summed E-state index contributed by atoms with van der Waals surface area (Å²) in [5, 5.41) is 4.19. The van der Waals surface area contributed by atoms with Crippen LogP contribution in [-0.4, -0.2) is 49.2 Å². The van der Waals surface area contributed by atoms with Gasteiger partial charge in [-0.1, -0.05) is 30.3 Å². The van der Waals surface area contributed by atoms with Crippen molar-refractivity contribution in [3.8, 4) is 17.2 Å². The van der Waals surface area contributed by atoms with E-state index in [-0.39, 0.29) is 24.8 Å². The summed E-state index contributed by atoms with van der Waals surface area (Å²) in [6.07, 6.45) is -0.0719. The highest BCUT2D eigenvalue weighted by Crippen LogP contribution is 2.30. The molecule has 1 fully saturated rings. The van der Waals surface area contributed by atoms with Crippen molar-refractivity contribution < 1.29 is 33.3 Å². The van der Waals surface area contributed by atoms with Crippen molar-refractivity contribution in [2.75, 3.05) is 19.8 Å². The molecule has 39 heavy (non-hydrogen) atoms. The third kappa shape index (κ3) is 5.75. The number of urea groups is 1. The number of aliphatic imine (C=N–C) groups is 1. The fourth-order valence-corrected chi connectivity index (χ4v) is 4.23. The predicted molar refractivity (Wildman–Crippen MR) is 141 cm³/mol. The van der Waals surface area contributed by atoms with Crippen molar-refractivity contribution in [2.24, 2.45) is 4.99 Å². The zero-order valence-corrected chi connectivity index (χ0v) is 21.2. The molecule has 0 spiro atoms. The normalized spacial score (nSPS) is 18.0. The van der Waals surface area contributed by atoms with Gasteiger partial charge in [0.15, 0.2) is 0 Å². The Balaban J connectivity index is 1.24. The summed E-state index contributed by atoms with van der Waals surface area (Å²) in [6, 6.07) is 22.9. The van der Waals surface area contributed by atoms with Crippen LogP contribution in [0.25, 0.3) is 0 Å². The van der Waals surface area contributed by atoms with E-state index in [1.165, 1.54) is 0 Å². The van der Waals surface area contributed by atoms with Gasteiger partial charge in [-0.15, -0.1) is 0 Å². The lowest BCUT2D eigenvalue weighted by atomic mass is 9.95. The van der Waals surface area contributed by atoms with E-state index in [4.69, 9.17) is 23.9 Å². The lowest BCUT2D eigenvalue weighted by Gasteiger charge is -2.34. The Kier molecular flexibility index (Phi) is 7.55. The van der Waals surface area contributed by atoms with Crippen LogP contribution in [0, 0.1) is 0 Å². The number of nitrogens with zero attached hydrogens (tertiary/aromatic N) is 1. The highest BCUT2D eigenvalue weighted by atomic mass is 16.5. The van der Waals surface area contributed by atoms with Gasteiger partial charge in [-0.25, -0.2) is 9.79 Å². The molecule has 2 aliphatic heterocycles. The van der Waals surface area contributed by atoms with Crippen LogP contribution in [0.2, 0.25) is 0 Å². The maximum absolute atomic E-state index is 12.6. The van der Waals surface area contributed by atoms with Crippen molar-refractivity contribution in [3.63, 3.8) is 0 Å². The monoisotopic (exact) mass is 529 g/mol. The number of barbiturate groups is 1. The number of benzene rings is 3. The molecule has 1 unspecified atom stereocenters. The summed E-state index contributed by atoms with van der Waals surface area (Å²) >= 11 is 0. The number of amides is 4. The van der Waals surface area contributed by atoms with Crippen LogP contribution in [0.4, 0.5) is 4.79 Å². The van der Waals surface area contributed by atoms with Crippen LogP contribution in [0.5, 0.6) is 17.2 Å². The summed E-state index contributed by atoms with van der Waals surface area (Å²) in [5.74, 6) is 0.267. The largest absolute Gasteiger partial charge is 0.475 e. The number of hydrogen-bond donors (Lipinski definition) is 2. The number of imide groups is 2. The molecular formula is C29H27N3O7. The zero-order chi connectivity index (χ0) is 27.2. The first-order valence-electron chi connectivity index (χ1n) is 12.5. The molecule has 200 valence electrons. The number of rotatable bonds is 10. The molecule has 1 saturated heterocycles. The highest BCUT2D eigenvalue weighted by Gasteiger charge is 2.52.